The number of amides is 1. The van der Waals surface area contributed by atoms with Crippen LogP contribution >= 0.6 is 23.2 Å². The number of nitrogens with zero attached hydrogens (tertiary/aromatic N) is 1. The van der Waals surface area contributed by atoms with E-state index in [1.807, 2.05) is 0 Å². The number of primary amides is 1. The van der Waals surface area contributed by atoms with Gasteiger partial charge < -0.3 is 19.9 Å². The highest BCUT2D eigenvalue weighted by atomic mass is 35.5. The van der Waals surface area contributed by atoms with E-state index in [-0.39, 0.29) is 57.4 Å². The van der Waals surface area contributed by atoms with Gasteiger partial charge >= 0.3 is 6.61 Å². The molecule has 1 saturated heterocycles. The average molecular weight is 495 g/mol. The minimum absolute atomic E-state index is 0.0430. The van der Waals surface area contributed by atoms with Gasteiger partial charge in [0, 0.05) is 18.0 Å². The minimum atomic E-state index is -3.69. The van der Waals surface area contributed by atoms with Crippen LogP contribution in [0.1, 0.15) is 21.2 Å². The molecule has 13 heteroatoms. The number of carbonyl (C=O) groups is 1. The van der Waals surface area contributed by atoms with Gasteiger partial charge in [0.25, 0.3) is 5.91 Å². The average Bonchev–Trinajstić information content (AvgIpc) is 2.85. The molecule has 2 atom stereocenters. The van der Waals surface area contributed by atoms with Crippen molar-refractivity contribution < 1.29 is 36.2 Å². The zero-order valence-corrected chi connectivity index (χ0v) is 17.8. The monoisotopic (exact) mass is 494 g/mol. The first-order valence-corrected chi connectivity index (χ1v) is 11.2. The molecule has 4 rings (SSSR count). The van der Waals surface area contributed by atoms with Crippen molar-refractivity contribution >= 4 is 38.9 Å². The highest BCUT2D eigenvalue weighted by molar-refractivity contribution is 7.93. The molecule has 1 spiro atoms. The van der Waals surface area contributed by atoms with Gasteiger partial charge in [0.15, 0.2) is 21.3 Å². The summed E-state index contributed by atoms with van der Waals surface area (Å²) < 4.78 is 67.0. The maximum atomic E-state index is 12.8. The Balaban J connectivity index is 1.78. The van der Waals surface area contributed by atoms with E-state index in [9.17, 15) is 22.0 Å². The topological polar surface area (TPSA) is 118 Å². The predicted octanol–water partition coefficient (Wildman–Crippen LogP) is 3.02. The van der Waals surface area contributed by atoms with Crippen molar-refractivity contribution in [3.05, 3.63) is 45.7 Å². The first kappa shape index (κ1) is 21.8. The number of rotatable bonds is 4. The van der Waals surface area contributed by atoms with Gasteiger partial charge in [0.2, 0.25) is 5.75 Å². The summed E-state index contributed by atoms with van der Waals surface area (Å²) in [6, 6.07) is 2.25. The molecule has 166 valence electrons. The van der Waals surface area contributed by atoms with Crippen molar-refractivity contribution in [3.63, 3.8) is 0 Å². The highest BCUT2D eigenvalue weighted by Gasteiger charge is 2.62. The number of sulfone groups is 1. The number of fused-ring (bicyclic) bond motifs is 1. The smallest absolute Gasteiger partial charge is 0.387 e. The lowest BCUT2D eigenvalue weighted by molar-refractivity contribution is -0.0517. The zero-order valence-electron chi connectivity index (χ0n) is 15.5. The lowest BCUT2D eigenvalue weighted by Crippen LogP contribution is -2.57. The summed E-state index contributed by atoms with van der Waals surface area (Å²) in [6.07, 6.45) is 2.52. The third kappa shape index (κ3) is 3.64. The van der Waals surface area contributed by atoms with Gasteiger partial charge in [-0.05, 0) is 12.1 Å². The van der Waals surface area contributed by atoms with E-state index >= 15 is 0 Å². The van der Waals surface area contributed by atoms with Crippen LogP contribution in [0.2, 0.25) is 10.0 Å². The van der Waals surface area contributed by atoms with E-state index in [1.165, 1.54) is 12.4 Å². The number of ether oxygens (including phenoxy) is 3. The Morgan fingerprint density at radius 2 is 1.81 bits per heavy atom. The Labute approximate surface area is 185 Å². The Kier molecular flexibility index (Phi) is 5.39. The van der Waals surface area contributed by atoms with Crippen molar-refractivity contribution in [1.82, 2.24) is 4.98 Å². The van der Waals surface area contributed by atoms with Crippen molar-refractivity contribution in [3.8, 4) is 17.2 Å². The van der Waals surface area contributed by atoms with E-state index in [0.29, 0.717) is 0 Å². The molecular formula is C18H14Cl2F2N2O6S. The van der Waals surface area contributed by atoms with Crippen LogP contribution in [0.25, 0.3) is 0 Å². The van der Waals surface area contributed by atoms with Gasteiger partial charge in [-0.2, -0.15) is 8.78 Å². The molecule has 0 bridgehead atoms. The van der Waals surface area contributed by atoms with Gasteiger partial charge in [0.1, 0.15) is 11.9 Å². The molecule has 1 aromatic heterocycles. The second-order valence-electron chi connectivity index (χ2n) is 7.16. The quantitative estimate of drug-likeness (QED) is 0.693. The fraction of sp³-hybridized carbons (Fsp3) is 0.333. The SMILES string of the molecule is NC(=O)c1ccc(OC(F)F)c2c1OCC1(CO2)CS(=O)(=O)C1c1c(Cl)cncc1Cl. The lowest BCUT2D eigenvalue weighted by atomic mass is 9.83. The van der Waals surface area contributed by atoms with E-state index in [1.54, 1.807) is 0 Å². The van der Waals surface area contributed by atoms with Gasteiger partial charge in [-0.1, -0.05) is 23.2 Å². The predicted molar refractivity (Wildman–Crippen MR) is 106 cm³/mol. The molecule has 2 unspecified atom stereocenters. The minimum Gasteiger partial charge on any atom is -0.488 e. The standard InChI is InChI=1S/C18H14Cl2F2N2O6S/c19-9-3-24-4-10(20)12(9)15-18(7-31(15,26)27)5-28-13-8(16(23)25)1-2-11(30-17(21)22)14(13)29-6-18/h1-4,15,17H,5-7H2,(H2,23,25). The molecule has 1 amide bonds. The molecule has 1 aromatic carbocycles. The van der Waals surface area contributed by atoms with E-state index in [0.717, 1.165) is 12.1 Å². The normalized spacial score (nSPS) is 23.8. The first-order valence-electron chi connectivity index (χ1n) is 8.73. The van der Waals surface area contributed by atoms with Crippen LogP contribution in [0.3, 0.4) is 0 Å². The zero-order chi connectivity index (χ0) is 22.6. The van der Waals surface area contributed by atoms with Crippen LogP contribution in [0.4, 0.5) is 8.78 Å². The first-order chi connectivity index (χ1) is 14.6. The number of hydrogen-bond donors (Lipinski definition) is 1. The molecule has 2 N–H and O–H groups in total. The van der Waals surface area contributed by atoms with Gasteiger partial charge in [-0.15, -0.1) is 0 Å². The Morgan fingerprint density at radius 3 is 2.35 bits per heavy atom. The summed E-state index contributed by atoms with van der Waals surface area (Å²) in [6.45, 7) is -3.67. The Morgan fingerprint density at radius 1 is 1.19 bits per heavy atom. The van der Waals surface area contributed by atoms with E-state index < -0.39 is 33.0 Å². The van der Waals surface area contributed by atoms with Gasteiger partial charge in [0.05, 0.1) is 33.4 Å². The largest absolute Gasteiger partial charge is 0.488 e. The van der Waals surface area contributed by atoms with Crippen LogP contribution in [0.15, 0.2) is 24.5 Å². The van der Waals surface area contributed by atoms with Crippen molar-refractivity contribution in [2.45, 2.75) is 11.9 Å². The fourth-order valence-electron chi connectivity index (χ4n) is 3.91. The molecule has 31 heavy (non-hydrogen) atoms. The van der Waals surface area contributed by atoms with Crippen molar-refractivity contribution in [2.75, 3.05) is 19.0 Å². The number of pyridine rings is 1. The second kappa shape index (κ2) is 7.64. The molecule has 2 aromatic rings. The Bertz CT molecular complexity index is 1160. The van der Waals surface area contributed by atoms with Crippen LogP contribution in [-0.2, 0) is 9.84 Å². The van der Waals surface area contributed by atoms with Crippen LogP contribution in [0.5, 0.6) is 17.2 Å². The molecule has 2 aliphatic rings. The van der Waals surface area contributed by atoms with Gasteiger partial charge in [-0.25, -0.2) is 8.42 Å². The molecule has 0 radical (unpaired) electrons. The molecular weight excluding hydrogens is 481 g/mol. The van der Waals surface area contributed by atoms with Crippen molar-refractivity contribution in [1.29, 1.82) is 0 Å². The molecule has 8 nitrogen and oxygen atoms in total. The molecule has 3 heterocycles. The summed E-state index contributed by atoms with van der Waals surface area (Å²) >= 11 is 12.4. The molecule has 0 aliphatic carbocycles. The van der Waals surface area contributed by atoms with Crippen LogP contribution in [0, 0.1) is 5.41 Å². The number of hydrogen-bond acceptors (Lipinski definition) is 7. The summed E-state index contributed by atoms with van der Waals surface area (Å²) in [7, 11) is -3.69. The Hall–Kier alpha value is -2.37. The lowest BCUT2D eigenvalue weighted by Gasteiger charge is -2.47. The number of alkyl halides is 2. The van der Waals surface area contributed by atoms with Crippen molar-refractivity contribution in [2.24, 2.45) is 11.1 Å². The van der Waals surface area contributed by atoms with E-state index in [4.69, 9.17) is 38.4 Å². The van der Waals surface area contributed by atoms with Crippen LogP contribution in [-0.4, -0.2) is 44.9 Å². The summed E-state index contributed by atoms with van der Waals surface area (Å²) in [5.74, 6) is -2.10. The fourth-order valence-corrected chi connectivity index (χ4v) is 7.22. The summed E-state index contributed by atoms with van der Waals surface area (Å²) in [5, 5.41) is -1.11. The number of benzene rings is 1. The summed E-state index contributed by atoms with van der Waals surface area (Å²) in [4.78, 5) is 15.6. The van der Waals surface area contributed by atoms with E-state index in [2.05, 4.69) is 9.72 Å². The molecule has 0 saturated carbocycles. The van der Waals surface area contributed by atoms with Crippen LogP contribution < -0.4 is 19.9 Å². The maximum absolute atomic E-state index is 12.8. The number of aromatic nitrogens is 1. The molecule has 2 aliphatic heterocycles. The third-order valence-corrected chi connectivity index (χ3v) is 8.16. The number of carbonyl (C=O) groups excluding carboxylic acids is 1. The number of nitrogens with two attached hydrogens (primary N) is 1. The summed E-state index contributed by atoms with van der Waals surface area (Å²) in [5.41, 5.74) is 4.20. The third-order valence-electron chi connectivity index (χ3n) is 5.12. The molecule has 1 fully saturated rings. The second-order valence-corrected chi connectivity index (χ2v) is 10.1. The van der Waals surface area contributed by atoms with Gasteiger partial charge in [-0.3, -0.25) is 9.78 Å². The number of halogens is 4. The highest BCUT2D eigenvalue weighted by Crippen LogP contribution is 2.57. The maximum Gasteiger partial charge on any atom is 0.387 e.